The normalized spacial score (nSPS) is 9.92. The molecule has 0 bridgehead atoms. The molecule has 13 heavy (non-hydrogen) atoms. The van der Waals surface area contributed by atoms with Crippen molar-refractivity contribution < 1.29 is 4.92 Å². The number of nitro groups is 1. The molecule has 1 heterocycles. The summed E-state index contributed by atoms with van der Waals surface area (Å²) in [6.45, 7) is 3.65. The van der Waals surface area contributed by atoms with Crippen molar-refractivity contribution in [2.24, 2.45) is 0 Å². The van der Waals surface area contributed by atoms with Crippen molar-refractivity contribution in [2.75, 3.05) is 5.75 Å². The number of hydrogen-bond acceptors (Lipinski definition) is 5. The van der Waals surface area contributed by atoms with Crippen molar-refractivity contribution in [3.05, 3.63) is 35.4 Å². The zero-order valence-electron chi connectivity index (χ0n) is 6.67. The lowest BCUT2D eigenvalue weighted by molar-refractivity contribution is -0.385. The molecule has 0 spiro atoms. The Labute approximate surface area is 83.7 Å². The molecule has 0 aliphatic heterocycles. The van der Waals surface area contributed by atoms with Crippen LogP contribution in [-0.2, 0) is 0 Å². The highest BCUT2D eigenvalue weighted by molar-refractivity contribution is 8.76. The minimum absolute atomic E-state index is 0.0176. The van der Waals surface area contributed by atoms with Crippen LogP contribution in [0.2, 0.25) is 0 Å². The molecule has 1 aromatic rings. The lowest BCUT2D eigenvalue weighted by Crippen LogP contribution is -1.88. The number of hydrogen-bond donors (Lipinski definition) is 0. The number of aromatic nitrogens is 1. The van der Waals surface area contributed by atoms with Crippen molar-refractivity contribution in [2.45, 2.75) is 5.03 Å². The SMILES string of the molecule is [CH2]CSSc1ccc([N+](=O)[O-])cn1. The summed E-state index contributed by atoms with van der Waals surface area (Å²) in [6.07, 6.45) is 1.26. The third-order valence-electron chi connectivity index (χ3n) is 1.16. The van der Waals surface area contributed by atoms with Crippen LogP contribution in [-0.4, -0.2) is 15.7 Å². The molecule has 0 atom stereocenters. The van der Waals surface area contributed by atoms with E-state index in [1.807, 2.05) is 0 Å². The molecule has 0 aliphatic rings. The van der Waals surface area contributed by atoms with Crippen LogP contribution >= 0.6 is 21.6 Å². The fourth-order valence-electron chi connectivity index (χ4n) is 0.632. The summed E-state index contributed by atoms with van der Waals surface area (Å²) in [7, 11) is 3.01. The second-order valence-corrected chi connectivity index (χ2v) is 4.45. The van der Waals surface area contributed by atoms with Crippen LogP contribution in [0.1, 0.15) is 0 Å². The number of rotatable bonds is 4. The van der Waals surface area contributed by atoms with Crippen LogP contribution in [0.25, 0.3) is 0 Å². The molecule has 0 saturated heterocycles. The molecule has 0 N–H and O–H groups in total. The molecule has 0 saturated carbocycles. The van der Waals surface area contributed by atoms with Gasteiger partial charge >= 0.3 is 0 Å². The van der Waals surface area contributed by atoms with Gasteiger partial charge in [-0.2, -0.15) is 0 Å². The summed E-state index contributed by atoms with van der Waals surface area (Å²) in [4.78, 5) is 13.7. The molecule has 0 aliphatic carbocycles. The Balaban J connectivity index is 2.64. The quantitative estimate of drug-likeness (QED) is 0.439. The maximum Gasteiger partial charge on any atom is 0.287 e. The first-order valence-electron chi connectivity index (χ1n) is 3.43. The van der Waals surface area contributed by atoms with Gasteiger partial charge in [-0.15, -0.1) is 0 Å². The van der Waals surface area contributed by atoms with E-state index in [0.717, 1.165) is 10.8 Å². The van der Waals surface area contributed by atoms with Crippen molar-refractivity contribution in [3.63, 3.8) is 0 Å². The van der Waals surface area contributed by atoms with Crippen molar-refractivity contribution in [1.82, 2.24) is 4.98 Å². The van der Waals surface area contributed by atoms with Crippen molar-refractivity contribution in [1.29, 1.82) is 0 Å². The molecule has 1 aromatic heterocycles. The smallest absolute Gasteiger partial charge is 0.258 e. The average molecular weight is 215 g/mol. The lowest BCUT2D eigenvalue weighted by Gasteiger charge is -1.96. The minimum atomic E-state index is -0.462. The standard InChI is InChI=1S/C7H7N2O2S2/c1-2-12-13-7-4-3-6(5-8-7)9(10)11/h3-5H,1-2H2. The zero-order chi connectivity index (χ0) is 9.68. The van der Waals surface area contributed by atoms with Gasteiger partial charge in [0.2, 0.25) is 0 Å². The van der Waals surface area contributed by atoms with Gasteiger partial charge in [-0.25, -0.2) is 4.98 Å². The van der Waals surface area contributed by atoms with Crippen LogP contribution in [0, 0.1) is 17.0 Å². The first-order valence-corrected chi connectivity index (χ1v) is 5.75. The maximum atomic E-state index is 10.3. The monoisotopic (exact) mass is 215 g/mol. The largest absolute Gasteiger partial charge is 0.287 e. The average Bonchev–Trinajstić information content (AvgIpc) is 2.15. The fourth-order valence-corrected chi connectivity index (χ4v) is 1.96. The van der Waals surface area contributed by atoms with E-state index in [0.29, 0.717) is 0 Å². The maximum absolute atomic E-state index is 10.3. The third-order valence-corrected chi connectivity index (χ3v) is 3.22. The highest BCUT2D eigenvalue weighted by atomic mass is 33.1. The fraction of sp³-hybridized carbons (Fsp3) is 0.143. The van der Waals surface area contributed by atoms with Gasteiger partial charge in [-0.3, -0.25) is 10.1 Å². The van der Waals surface area contributed by atoms with Gasteiger partial charge in [0.05, 0.1) is 4.92 Å². The number of pyridine rings is 1. The molecule has 69 valence electrons. The van der Waals surface area contributed by atoms with E-state index in [9.17, 15) is 10.1 Å². The molecule has 0 aromatic carbocycles. The highest BCUT2D eigenvalue weighted by Gasteiger charge is 2.04. The minimum Gasteiger partial charge on any atom is -0.258 e. The van der Waals surface area contributed by atoms with Gasteiger partial charge in [0.25, 0.3) is 5.69 Å². The second kappa shape index (κ2) is 5.08. The van der Waals surface area contributed by atoms with Crippen LogP contribution in [0.15, 0.2) is 23.4 Å². The van der Waals surface area contributed by atoms with Gasteiger partial charge in [0.1, 0.15) is 11.2 Å². The van der Waals surface area contributed by atoms with E-state index in [-0.39, 0.29) is 5.69 Å². The highest BCUT2D eigenvalue weighted by Crippen LogP contribution is 2.29. The summed E-state index contributed by atoms with van der Waals surface area (Å²) in [6, 6.07) is 3.07. The Morgan fingerprint density at radius 2 is 2.38 bits per heavy atom. The van der Waals surface area contributed by atoms with E-state index >= 15 is 0 Å². The predicted octanol–water partition coefficient (Wildman–Crippen LogP) is 2.56. The van der Waals surface area contributed by atoms with Crippen molar-refractivity contribution >= 4 is 27.3 Å². The summed E-state index contributed by atoms with van der Waals surface area (Å²) >= 11 is 0. The Kier molecular flexibility index (Phi) is 4.04. The molecule has 0 fully saturated rings. The Bertz CT molecular complexity index is 289. The first-order chi connectivity index (χ1) is 6.24. The molecular formula is C7H7N2O2S2. The predicted molar refractivity (Wildman–Crippen MR) is 54.6 cm³/mol. The van der Waals surface area contributed by atoms with Gasteiger partial charge in [-0.1, -0.05) is 10.8 Å². The first kappa shape index (κ1) is 10.3. The van der Waals surface area contributed by atoms with Gasteiger partial charge in [0.15, 0.2) is 0 Å². The molecule has 0 amide bonds. The van der Waals surface area contributed by atoms with E-state index in [1.54, 1.807) is 16.9 Å². The van der Waals surface area contributed by atoms with Gasteiger partial charge < -0.3 is 0 Å². The van der Waals surface area contributed by atoms with Crippen LogP contribution in [0.4, 0.5) is 5.69 Å². The van der Waals surface area contributed by atoms with E-state index in [2.05, 4.69) is 11.9 Å². The van der Waals surface area contributed by atoms with Crippen LogP contribution < -0.4 is 0 Å². The molecule has 4 nitrogen and oxygen atoms in total. The van der Waals surface area contributed by atoms with E-state index in [4.69, 9.17) is 0 Å². The third kappa shape index (κ3) is 3.23. The molecule has 1 radical (unpaired) electrons. The lowest BCUT2D eigenvalue weighted by atomic mass is 10.4. The summed E-state index contributed by atoms with van der Waals surface area (Å²) < 4.78 is 0. The topological polar surface area (TPSA) is 56.0 Å². The Morgan fingerprint density at radius 1 is 1.62 bits per heavy atom. The molecule has 6 heteroatoms. The zero-order valence-corrected chi connectivity index (χ0v) is 8.31. The molecular weight excluding hydrogens is 208 g/mol. The summed E-state index contributed by atoms with van der Waals surface area (Å²) in [5.74, 6) is 0.739. The van der Waals surface area contributed by atoms with Crippen molar-refractivity contribution in [3.8, 4) is 0 Å². The second-order valence-electron chi connectivity index (χ2n) is 2.02. The van der Waals surface area contributed by atoms with Gasteiger partial charge in [0, 0.05) is 11.8 Å². The molecule has 1 rings (SSSR count). The summed E-state index contributed by atoms with van der Waals surface area (Å²) in [5.41, 5.74) is 0.0176. The summed E-state index contributed by atoms with van der Waals surface area (Å²) in [5, 5.41) is 11.0. The van der Waals surface area contributed by atoms with E-state index in [1.165, 1.54) is 23.1 Å². The van der Waals surface area contributed by atoms with Gasteiger partial charge in [-0.05, 0) is 23.8 Å². The molecule has 0 unspecified atom stereocenters. The number of nitrogens with zero attached hydrogens (tertiary/aromatic N) is 2. The van der Waals surface area contributed by atoms with Crippen LogP contribution in [0.3, 0.4) is 0 Å². The van der Waals surface area contributed by atoms with E-state index < -0.39 is 4.92 Å². The van der Waals surface area contributed by atoms with Crippen LogP contribution in [0.5, 0.6) is 0 Å². The Hall–Kier alpha value is -0.750. The Morgan fingerprint density at radius 3 is 2.85 bits per heavy atom.